The van der Waals surface area contributed by atoms with Gasteiger partial charge in [-0.05, 0) is 44.1 Å². The second-order valence-corrected chi connectivity index (χ2v) is 5.80. The number of nitrogens with zero attached hydrogens (tertiary/aromatic N) is 2. The highest BCUT2D eigenvalue weighted by Crippen LogP contribution is 2.19. The third-order valence-corrected chi connectivity index (χ3v) is 4.31. The lowest BCUT2D eigenvalue weighted by atomic mass is 10.1. The van der Waals surface area contributed by atoms with Gasteiger partial charge in [0, 0.05) is 30.6 Å². The van der Waals surface area contributed by atoms with Crippen LogP contribution in [0, 0.1) is 11.6 Å². The second kappa shape index (κ2) is 6.14. The number of nitrogens with two attached hydrogens (primary N) is 1. The van der Waals surface area contributed by atoms with E-state index in [-0.39, 0.29) is 17.1 Å². The van der Waals surface area contributed by atoms with Crippen molar-refractivity contribution in [3.05, 3.63) is 46.3 Å². The minimum Gasteiger partial charge on any atom is -0.328 e. The van der Waals surface area contributed by atoms with E-state index in [1.165, 1.54) is 22.8 Å². The molecule has 1 saturated heterocycles. The molecule has 0 saturated carbocycles. The van der Waals surface area contributed by atoms with Gasteiger partial charge >= 0.3 is 0 Å². The summed E-state index contributed by atoms with van der Waals surface area (Å²) in [6, 6.07) is 5.73. The predicted octanol–water partition coefficient (Wildman–Crippen LogP) is 1.70. The van der Waals surface area contributed by atoms with Crippen LogP contribution >= 0.6 is 0 Å². The molecule has 0 radical (unpaired) electrons. The van der Waals surface area contributed by atoms with Gasteiger partial charge in [0.25, 0.3) is 5.56 Å². The fourth-order valence-corrected chi connectivity index (χ4v) is 2.96. The zero-order chi connectivity index (χ0) is 15.7. The van der Waals surface area contributed by atoms with E-state index in [4.69, 9.17) is 5.73 Å². The molecule has 0 amide bonds. The van der Waals surface area contributed by atoms with Crippen molar-refractivity contribution in [2.45, 2.75) is 25.4 Å². The van der Waals surface area contributed by atoms with E-state index in [0.29, 0.717) is 18.5 Å². The number of likely N-dealkylation sites (tertiary alicyclic amines) is 1. The normalized spacial score (nSPS) is 17.2. The van der Waals surface area contributed by atoms with E-state index in [1.54, 1.807) is 0 Å². The minimum absolute atomic E-state index is 0.0428. The first-order valence-electron chi connectivity index (χ1n) is 7.52. The highest BCUT2D eigenvalue weighted by atomic mass is 19.2. The summed E-state index contributed by atoms with van der Waals surface area (Å²) in [6.45, 7) is 2.71. The van der Waals surface area contributed by atoms with Crippen molar-refractivity contribution in [3.63, 3.8) is 0 Å². The number of piperidine rings is 1. The molecule has 22 heavy (non-hydrogen) atoms. The zero-order valence-electron chi connectivity index (χ0n) is 12.3. The van der Waals surface area contributed by atoms with E-state index in [1.807, 2.05) is 0 Å². The van der Waals surface area contributed by atoms with Crippen molar-refractivity contribution in [1.82, 2.24) is 9.47 Å². The fourth-order valence-electron chi connectivity index (χ4n) is 2.96. The average Bonchev–Trinajstić information content (AvgIpc) is 2.52. The van der Waals surface area contributed by atoms with Gasteiger partial charge in [0.05, 0.1) is 5.52 Å². The van der Waals surface area contributed by atoms with Crippen molar-refractivity contribution in [2.75, 3.05) is 19.6 Å². The molecular formula is C16H19F2N3O. The molecule has 1 aliphatic heterocycles. The maximum atomic E-state index is 14.1. The Morgan fingerprint density at radius 3 is 2.50 bits per heavy atom. The van der Waals surface area contributed by atoms with Crippen LogP contribution < -0.4 is 11.3 Å². The summed E-state index contributed by atoms with van der Waals surface area (Å²) in [5, 5.41) is 0.527. The number of pyridine rings is 1. The summed E-state index contributed by atoms with van der Waals surface area (Å²) < 4.78 is 28.9. The molecule has 2 heterocycles. The SMILES string of the molecule is NC1CCN(CCn2c(=O)ccc3ccc(F)c(F)c32)CC1. The molecule has 1 aromatic carbocycles. The first-order valence-corrected chi connectivity index (χ1v) is 7.52. The van der Waals surface area contributed by atoms with E-state index < -0.39 is 11.6 Å². The van der Waals surface area contributed by atoms with Crippen molar-refractivity contribution in [1.29, 1.82) is 0 Å². The second-order valence-electron chi connectivity index (χ2n) is 5.80. The van der Waals surface area contributed by atoms with Crippen LogP contribution in [0.4, 0.5) is 8.78 Å². The Morgan fingerprint density at radius 2 is 1.77 bits per heavy atom. The van der Waals surface area contributed by atoms with E-state index in [0.717, 1.165) is 32.0 Å². The van der Waals surface area contributed by atoms with Crippen LogP contribution in [0.3, 0.4) is 0 Å². The maximum absolute atomic E-state index is 14.1. The van der Waals surface area contributed by atoms with Crippen LogP contribution in [0.15, 0.2) is 29.1 Å². The molecule has 0 spiro atoms. The van der Waals surface area contributed by atoms with Gasteiger partial charge in [-0.15, -0.1) is 0 Å². The van der Waals surface area contributed by atoms with Gasteiger partial charge in [-0.3, -0.25) is 4.79 Å². The zero-order valence-corrected chi connectivity index (χ0v) is 12.3. The van der Waals surface area contributed by atoms with Crippen molar-refractivity contribution < 1.29 is 8.78 Å². The number of aromatic nitrogens is 1. The Morgan fingerprint density at radius 1 is 1.09 bits per heavy atom. The summed E-state index contributed by atoms with van der Waals surface area (Å²) in [6.07, 6.45) is 1.85. The van der Waals surface area contributed by atoms with Gasteiger partial charge in [0.1, 0.15) is 0 Å². The smallest absolute Gasteiger partial charge is 0.251 e. The molecule has 1 fully saturated rings. The van der Waals surface area contributed by atoms with Crippen LogP contribution in [0.5, 0.6) is 0 Å². The Labute approximate surface area is 127 Å². The lowest BCUT2D eigenvalue weighted by molar-refractivity contribution is 0.206. The average molecular weight is 307 g/mol. The fraction of sp³-hybridized carbons (Fsp3) is 0.438. The Kier molecular flexibility index (Phi) is 4.22. The number of hydrogen-bond acceptors (Lipinski definition) is 3. The Bertz CT molecular complexity index is 736. The molecule has 6 heteroatoms. The van der Waals surface area contributed by atoms with Crippen LogP contribution in [-0.4, -0.2) is 35.1 Å². The number of halogens is 2. The van der Waals surface area contributed by atoms with Crippen LogP contribution in [0.2, 0.25) is 0 Å². The standard InChI is InChI=1S/C16H19F2N3O/c17-13-3-1-11-2-4-14(22)21(16(11)15(13)18)10-9-20-7-5-12(19)6-8-20/h1-4,12H,5-10,19H2. The molecule has 1 aliphatic rings. The lowest BCUT2D eigenvalue weighted by Gasteiger charge is -2.30. The van der Waals surface area contributed by atoms with Crippen LogP contribution in [0.1, 0.15) is 12.8 Å². The first-order chi connectivity index (χ1) is 10.6. The van der Waals surface area contributed by atoms with Gasteiger partial charge in [0.2, 0.25) is 0 Å². The van der Waals surface area contributed by atoms with Crippen molar-refractivity contribution in [3.8, 4) is 0 Å². The lowest BCUT2D eigenvalue weighted by Crippen LogP contribution is -2.41. The summed E-state index contributed by atoms with van der Waals surface area (Å²) in [5.74, 6) is -1.90. The van der Waals surface area contributed by atoms with Gasteiger partial charge in [-0.25, -0.2) is 8.78 Å². The van der Waals surface area contributed by atoms with E-state index >= 15 is 0 Å². The summed E-state index contributed by atoms with van der Waals surface area (Å²) in [5.41, 5.74) is 5.59. The Hall–Kier alpha value is -1.79. The highest BCUT2D eigenvalue weighted by Gasteiger charge is 2.17. The highest BCUT2D eigenvalue weighted by molar-refractivity contribution is 5.79. The largest absolute Gasteiger partial charge is 0.328 e. The van der Waals surface area contributed by atoms with E-state index in [9.17, 15) is 13.6 Å². The molecule has 2 N–H and O–H groups in total. The van der Waals surface area contributed by atoms with Crippen molar-refractivity contribution >= 4 is 10.9 Å². The predicted molar refractivity (Wildman–Crippen MR) is 81.8 cm³/mol. The molecule has 0 aliphatic carbocycles. The molecule has 2 aromatic rings. The van der Waals surface area contributed by atoms with Crippen LogP contribution in [-0.2, 0) is 6.54 Å². The quantitative estimate of drug-likeness (QED) is 0.939. The molecule has 0 bridgehead atoms. The first kappa shape index (κ1) is 15.1. The summed E-state index contributed by atoms with van der Waals surface area (Å²) in [7, 11) is 0. The molecule has 3 rings (SSSR count). The van der Waals surface area contributed by atoms with Gasteiger partial charge < -0.3 is 15.2 Å². The maximum Gasteiger partial charge on any atom is 0.251 e. The monoisotopic (exact) mass is 307 g/mol. The van der Waals surface area contributed by atoms with Gasteiger partial charge in [-0.2, -0.15) is 0 Å². The van der Waals surface area contributed by atoms with Crippen molar-refractivity contribution in [2.24, 2.45) is 5.73 Å². The third-order valence-electron chi connectivity index (χ3n) is 4.31. The number of fused-ring (bicyclic) bond motifs is 1. The Balaban J connectivity index is 1.88. The molecular weight excluding hydrogens is 288 g/mol. The summed E-state index contributed by atoms with van der Waals surface area (Å²) in [4.78, 5) is 14.3. The van der Waals surface area contributed by atoms with Gasteiger partial charge in [-0.1, -0.05) is 0 Å². The summed E-state index contributed by atoms with van der Waals surface area (Å²) >= 11 is 0. The number of rotatable bonds is 3. The van der Waals surface area contributed by atoms with E-state index in [2.05, 4.69) is 4.90 Å². The molecule has 4 nitrogen and oxygen atoms in total. The third kappa shape index (κ3) is 2.89. The molecule has 118 valence electrons. The van der Waals surface area contributed by atoms with Gasteiger partial charge in [0.15, 0.2) is 11.6 Å². The number of benzene rings is 1. The molecule has 1 aromatic heterocycles. The minimum atomic E-state index is -0.962. The topological polar surface area (TPSA) is 51.3 Å². The molecule has 0 unspecified atom stereocenters. The number of hydrogen-bond donors (Lipinski definition) is 1. The van der Waals surface area contributed by atoms with Crippen LogP contribution in [0.25, 0.3) is 10.9 Å². The molecule has 0 atom stereocenters.